The fourth-order valence-electron chi connectivity index (χ4n) is 1.15. The molecule has 0 amide bonds. The maximum atomic E-state index is 11.3. The van der Waals surface area contributed by atoms with Gasteiger partial charge in [-0.15, -0.1) is 0 Å². The smallest absolute Gasteiger partial charge is 0.340 e. The third-order valence-electron chi connectivity index (χ3n) is 1.83. The van der Waals surface area contributed by atoms with Crippen molar-refractivity contribution in [3.05, 3.63) is 17.3 Å². The average Bonchev–Trinajstić information content (AvgIpc) is 2.19. The van der Waals surface area contributed by atoms with Crippen molar-refractivity contribution in [3.63, 3.8) is 0 Å². The fraction of sp³-hybridized carbons (Fsp3) is 0.333. The number of pyridine rings is 1. The molecule has 5 nitrogen and oxygen atoms in total. The highest BCUT2D eigenvalue weighted by molar-refractivity contribution is 5.97. The summed E-state index contributed by atoms with van der Waals surface area (Å²) in [5.41, 5.74) is 7.07. The predicted molar refractivity (Wildman–Crippen MR) is 54.3 cm³/mol. The lowest BCUT2D eigenvalue weighted by molar-refractivity contribution is 0.0602. The van der Waals surface area contributed by atoms with Gasteiger partial charge >= 0.3 is 5.97 Å². The predicted octanol–water partition coefficient (Wildman–Crippen LogP) is 0.801. The monoisotopic (exact) mass is 195 g/mol. The standard InChI is InChI=1S/C9H13N3O2/c1-5-4-6(9(13)14-3)7(10)8(11-2)12-5/h4H,10H2,1-3H3,(H,11,12). The molecule has 0 saturated heterocycles. The van der Waals surface area contributed by atoms with E-state index < -0.39 is 5.97 Å². The number of nitrogens with two attached hydrogens (primary N) is 1. The Kier molecular flexibility index (Phi) is 2.91. The first-order valence-corrected chi connectivity index (χ1v) is 4.13. The molecule has 0 aromatic carbocycles. The Morgan fingerprint density at radius 2 is 2.29 bits per heavy atom. The molecule has 0 unspecified atom stereocenters. The summed E-state index contributed by atoms with van der Waals surface area (Å²) in [7, 11) is 3.01. The number of nitrogens with one attached hydrogen (secondary N) is 1. The van der Waals surface area contributed by atoms with Gasteiger partial charge in [0.15, 0.2) is 0 Å². The maximum absolute atomic E-state index is 11.3. The number of methoxy groups -OCH3 is 1. The minimum Gasteiger partial charge on any atom is -0.465 e. The number of esters is 1. The Morgan fingerprint density at radius 1 is 1.64 bits per heavy atom. The van der Waals surface area contributed by atoms with Crippen molar-refractivity contribution in [2.24, 2.45) is 0 Å². The van der Waals surface area contributed by atoms with Crippen molar-refractivity contribution < 1.29 is 9.53 Å². The van der Waals surface area contributed by atoms with Crippen LogP contribution in [0.15, 0.2) is 6.07 Å². The van der Waals surface area contributed by atoms with E-state index in [1.165, 1.54) is 7.11 Å². The van der Waals surface area contributed by atoms with Crippen LogP contribution in [0.5, 0.6) is 0 Å². The first-order chi connectivity index (χ1) is 6.60. The summed E-state index contributed by atoms with van der Waals surface area (Å²) in [4.78, 5) is 15.4. The van der Waals surface area contributed by atoms with Gasteiger partial charge in [-0.1, -0.05) is 0 Å². The molecule has 3 N–H and O–H groups in total. The zero-order chi connectivity index (χ0) is 10.7. The first kappa shape index (κ1) is 10.3. The number of ether oxygens (including phenoxy) is 1. The van der Waals surface area contributed by atoms with Crippen LogP contribution < -0.4 is 11.1 Å². The van der Waals surface area contributed by atoms with Crippen molar-refractivity contribution >= 4 is 17.5 Å². The number of nitrogen functional groups attached to an aromatic ring is 1. The largest absolute Gasteiger partial charge is 0.465 e. The number of aryl methyl sites for hydroxylation is 1. The zero-order valence-electron chi connectivity index (χ0n) is 8.42. The van der Waals surface area contributed by atoms with Crippen molar-refractivity contribution in [3.8, 4) is 0 Å². The summed E-state index contributed by atoms with van der Waals surface area (Å²) in [5.74, 6) is 0.0369. The van der Waals surface area contributed by atoms with Crippen molar-refractivity contribution in [1.29, 1.82) is 0 Å². The van der Waals surface area contributed by atoms with Gasteiger partial charge in [0.2, 0.25) is 0 Å². The normalized spacial score (nSPS) is 9.64. The number of anilines is 2. The Labute approximate surface area is 82.3 Å². The van der Waals surface area contributed by atoms with Crippen LogP contribution in [0.1, 0.15) is 16.1 Å². The molecule has 14 heavy (non-hydrogen) atoms. The van der Waals surface area contributed by atoms with E-state index >= 15 is 0 Å². The van der Waals surface area contributed by atoms with Crippen LogP contribution in [-0.2, 0) is 4.74 Å². The molecular weight excluding hydrogens is 182 g/mol. The van der Waals surface area contributed by atoms with E-state index in [-0.39, 0.29) is 0 Å². The van der Waals surface area contributed by atoms with Crippen LogP contribution in [0.4, 0.5) is 11.5 Å². The van der Waals surface area contributed by atoms with E-state index in [0.29, 0.717) is 22.8 Å². The van der Waals surface area contributed by atoms with Crippen molar-refractivity contribution in [2.75, 3.05) is 25.2 Å². The fourth-order valence-corrected chi connectivity index (χ4v) is 1.15. The van der Waals surface area contributed by atoms with Crippen LogP contribution in [0, 0.1) is 6.92 Å². The van der Waals surface area contributed by atoms with Crippen LogP contribution in [0.3, 0.4) is 0 Å². The maximum Gasteiger partial charge on any atom is 0.340 e. The molecule has 0 aliphatic heterocycles. The number of aromatic nitrogens is 1. The first-order valence-electron chi connectivity index (χ1n) is 4.13. The molecule has 0 fully saturated rings. The van der Waals surface area contributed by atoms with Gasteiger partial charge in [-0.05, 0) is 13.0 Å². The summed E-state index contributed by atoms with van der Waals surface area (Å²) >= 11 is 0. The Bertz CT molecular complexity index is 363. The Morgan fingerprint density at radius 3 is 2.79 bits per heavy atom. The van der Waals surface area contributed by atoms with E-state index in [9.17, 15) is 4.79 Å². The van der Waals surface area contributed by atoms with Crippen LogP contribution in [0.2, 0.25) is 0 Å². The molecule has 0 aliphatic carbocycles. The topological polar surface area (TPSA) is 77.2 Å². The van der Waals surface area contributed by atoms with Gasteiger partial charge in [0.05, 0.1) is 18.4 Å². The quantitative estimate of drug-likeness (QED) is 0.682. The van der Waals surface area contributed by atoms with Crippen molar-refractivity contribution in [1.82, 2.24) is 4.98 Å². The van der Waals surface area contributed by atoms with Crippen LogP contribution in [0.25, 0.3) is 0 Å². The van der Waals surface area contributed by atoms with E-state index in [4.69, 9.17) is 5.73 Å². The second kappa shape index (κ2) is 3.95. The van der Waals surface area contributed by atoms with Gasteiger partial charge in [-0.2, -0.15) is 0 Å². The summed E-state index contributed by atoms with van der Waals surface area (Å²) in [6, 6.07) is 1.60. The molecule has 5 heteroatoms. The zero-order valence-corrected chi connectivity index (χ0v) is 8.42. The molecule has 0 atom stereocenters. The number of rotatable bonds is 2. The molecule has 1 aromatic rings. The summed E-state index contributed by atoms with van der Waals surface area (Å²) in [5, 5.41) is 2.81. The lowest BCUT2D eigenvalue weighted by Crippen LogP contribution is -2.10. The highest BCUT2D eigenvalue weighted by Crippen LogP contribution is 2.21. The van der Waals surface area contributed by atoms with Gasteiger partial charge in [-0.25, -0.2) is 9.78 Å². The van der Waals surface area contributed by atoms with Crippen molar-refractivity contribution in [2.45, 2.75) is 6.92 Å². The lowest BCUT2D eigenvalue weighted by atomic mass is 10.2. The number of carbonyl (C=O) groups excluding carboxylic acids is 1. The highest BCUT2D eigenvalue weighted by atomic mass is 16.5. The lowest BCUT2D eigenvalue weighted by Gasteiger charge is -2.09. The number of hydrogen-bond acceptors (Lipinski definition) is 5. The molecule has 0 spiro atoms. The molecule has 1 heterocycles. The molecule has 76 valence electrons. The van der Waals surface area contributed by atoms with Gasteiger partial charge in [0, 0.05) is 12.7 Å². The molecule has 0 saturated carbocycles. The SMILES string of the molecule is CNc1nc(C)cc(C(=O)OC)c1N. The summed E-state index contributed by atoms with van der Waals surface area (Å²) in [6.07, 6.45) is 0. The minimum atomic E-state index is -0.454. The second-order valence-corrected chi connectivity index (χ2v) is 2.82. The molecule has 0 radical (unpaired) electrons. The minimum absolute atomic E-state index is 0.310. The second-order valence-electron chi connectivity index (χ2n) is 2.82. The third-order valence-corrected chi connectivity index (χ3v) is 1.83. The van der Waals surface area contributed by atoms with Gasteiger partial charge in [0.25, 0.3) is 0 Å². The molecular formula is C9H13N3O2. The van der Waals surface area contributed by atoms with Crippen LogP contribution >= 0.6 is 0 Å². The molecule has 0 aliphatic rings. The number of carbonyl (C=O) groups is 1. The van der Waals surface area contributed by atoms with E-state index in [1.807, 2.05) is 0 Å². The third kappa shape index (κ3) is 1.76. The molecule has 0 bridgehead atoms. The van der Waals surface area contributed by atoms with Gasteiger partial charge in [0.1, 0.15) is 5.82 Å². The van der Waals surface area contributed by atoms with Gasteiger partial charge in [-0.3, -0.25) is 0 Å². The molecule has 1 rings (SSSR count). The molecule has 1 aromatic heterocycles. The Balaban J connectivity index is 3.29. The van der Waals surface area contributed by atoms with E-state index in [2.05, 4.69) is 15.0 Å². The van der Waals surface area contributed by atoms with E-state index in [0.717, 1.165) is 0 Å². The summed E-state index contributed by atoms with van der Waals surface area (Å²) < 4.78 is 4.60. The van der Waals surface area contributed by atoms with E-state index in [1.54, 1.807) is 20.0 Å². The van der Waals surface area contributed by atoms with Crippen LogP contribution in [-0.4, -0.2) is 25.1 Å². The Hall–Kier alpha value is -1.78. The summed E-state index contributed by atoms with van der Waals surface area (Å²) in [6.45, 7) is 1.78. The average molecular weight is 195 g/mol. The van der Waals surface area contributed by atoms with Gasteiger partial charge < -0.3 is 15.8 Å². The highest BCUT2D eigenvalue weighted by Gasteiger charge is 2.14. The number of hydrogen-bond donors (Lipinski definition) is 2. The number of nitrogens with zero attached hydrogens (tertiary/aromatic N) is 1.